The first-order valence-corrected chi connectivity index (χ1v) is 11.9. The number of aromatic carboxylic acids is 1. The number of nitrogens with one attached hydrogen (secondary N) is 1. The SMILES string of the molecule is Cc1cc([C@@H](C)Nc2ccccc2C(=O)O)c2nc(N3CCC4(C3)CC(F)(F)C4(F)F)c(C)c(=O)n2c1. The van der Waals surface area contributed by atoms with Crippen molar-refractivity contribution in [1.82, 2.24) is 9.38 Å². The van der Waals surface area contributed by atoms with E-state index in [4.69, 9.17) is 0 Å². The standard InChI is InChI=1S/C26H26F4N4O3/c1-14-10-18(16(3)31-19-7-5-4-6-17(19)23(36)37)21-32-20(15(2)22(35)34(21)11-14)33-9-8-24(13-33)12-25(27,28)26(24,29)30/h4-7,10-11,16,31H,8-9,12-13H2,1-3H3,(H,36,37)/t16-,24?/m1/s1. The predicted octanol–water partition coefficient (Wildman–Crippen LogP) is 5.05. The lowest BCUT2D eigenvalue weighted by Gasteiger charge is -2.52. The van der Waals surface area contributed by atoms with Gasteiger partial charge in [0.05, 0.1) is 22.6 Å². The first-order chi connectivity index (χ1) is 17.3. The van der Waals surface area contributed by atoms with Crippen molar-refractivity contribution in [2.75, 3.05) is 23.3 Å². The molecule has 1 saturated heterocycles. The molecule has 0 amide bonds. The van der Waals surface area contributed by atoms with E-state index in [1.807, 2.05) is 6.07 Å². The Hall–Kier alpha value is -3.63. The molecule has 2 fully saturated rings. The quantitative estimate of drug-likeness (QED) is 0.460. The Bertz CT molecular complexity index is 1490. The van der Waals surface area contributed by atoms with Crippen LogP contribution in [-0.2, 0) is 0 Å². The molecule has 1 saturated carbocycles. The highest BCUT2D eigenvalue weighted by Gasteiger charge is 2.81. The molecule has 3 heterocycles. The zero-order valence-electron chi connectivity index (χ0n) is 20.5. The number of anilines is 2. The molecular formula is C26H26F4N4O3. The van der Waals surface area contributed by atoms with Gasteiger partial charge in [0.25, 0.3) is 5.56 Å². The average Bonchev–Trinajstić information content (AvgIpc) is 3.27. The highest BCUT2D eigenvalue weighted by molar-refractivity contribution is 5.94. The summed E-state index contributed by atoms with van der Waals surface area (Å²) < 4.78 is 57.5. The van der Waals surface area contributed by atoms with Crippen molar-refractivity contribution in [2.45, 2.75) is 51.5 Å². The monoisotopic (exact) mass is 518 g/mol. The van der Waals surface area contributed by atoms with Crippen LogP contribution in [0, 0.1) is 19.3 Å². The summed E-state index contributed by atoms with van der Waals surface area (Å²) in [6, 6.07) is 7.74. The molecule has 1 unspecified atom stereocenters. The van der Waals surface area contributed by atoms with Crippen molar-refractivity contribution in [3.63, 3.8) is 0 Å². The molecule has 196 valence electrons. The number of nitrogens with zero attached hydrogens (tertiary/aromatic N) is 3. The van der Waals surface area contributed by atoms with Gasteiger partial charge in [-0.1, -0.05) is 12.1 Å². The molecule has 11 heteroatoms. The number of aryl methyl sites for hydroxylation is 1. The van der Waals surface area contributed by atoms with E-state index in [0.717, 1.165) is 5.56 Å². The summed E-state index contributed by atoms with van der Waals surface area (Å²) in [6.07, 6.45) is 0.596. The number of carboxylic acid groups (broad SMARTS) is 1. The Morgan fingerprint density at radius 1 is 1.19 bits per heavy atom. The number of carboxylic acids is 1. The number of benzene rings is 1. The summed E-state index contributed by atoms with van der Waals surface area (Å²) >= 11 is 0. The van der Waals surface area contributed by atoms with E-state index in [0.29, 0.717) is 11.3 Å². The van der Waals surface area contributed by atoms with Gasteiger partial charge in [-0.25, -0.2) is 9.78 Å². The van der Waals surface area contributed by atoms with Crippen LogP contribution in [0.1, 0.15) is 52.9 Å². The van der Waals surface area contributed by atoms with Gasteiger partial charge in [-0.15, -0.1) is 0 Å². The number of pyridine rings is 1. The summed E-state index contributed by atoms with van der Waals surface area (Å²) in [5.41, 5.74) is 0.0762. The minimum Gasteiger partial charge on any atom is -0.478 e. The van der Waals surface area contributed by atoms with Gasteiger partial charge in [0.2, 0.25) is 0 Å². The molecule has 5 rings (SSSR count). The molecule has 3 aromatic rings. The minimum atomic E-state index is -4.12. The highest BCUT2D eigenvalue weighted by atomic mass is 19.3. The molecule has 1 aliphatic carbocycles. The lowest BCUT2D eigenvalue weighted by molar-refractivity contribution is -0.351. The Kier molecular flexibility index (Phi) is 5.54. The van der Waals surface area contributed by atoms with Crippen LogP contribution in [0.4, 0.5) is 29.1 Å². The number of fused-ring (bicyclic) bond motifs is 1. The summed E-state index contributed by atoms with van der Waals surface area (Å²) in [5.74, 6) is -9.06. The third-order valence-corrected chi connectivity index (χ3v) is 7.62. The van der Waals surface area contributed by atoms with Crippen LogP contribution in [-0.4, -0.2) is 45.4 Å². The summed E-state index contributed by atoms with van der Waals surface area (Å²) in [5, 5.41) is 12.7. The average molecular weight is 519 g/mol. The molecule has 7 nitrogen and oxygen atoms in total. The number of hydrogen-bond acceptors (Lipinski definition) is 5. The molecule has 2 aromatic heterocycles. The zero-order chi connectivity index (χ0) is 26.9. The summed E-state index contributed by atoms with van der Waals surface area (Å²) in [7, 11) is 0. The Balaban J connectivity index is 1.56. The molecule has 1 spiro atoms. The first-order valence-electron chi connectivity index (χ1n) is 11.9. The van der Waals surface area contributed by atoms with Crippen molar-refractivity contribution in [1.29, 1.82) is 0 Å². The number of carbonyl (C=O) groups is 1. The van der Waals surface area contributed by atoms with Crippen molar-refractivity contribution in [2.24, 2.45) is 5.41 Å². The van der Waals surface area contributed by atoms with Crippen LogP contribution in [0.5, 0.6) is 0 Å². The third-order valence-electron chi connectivity index (χ3n) is 7.62. The Morgan fingerprint density at radius 3 is 2.54 bits per heavy atom. The Labute approximate surface area is 209 Å². The molecule has 1 aromatic carbocycles. The van der Waals surface area contributed by atoms with Crippen LogP contribution >= 0.6 is 0 Å². The summed E-state index contributed by atoms with van der Waals surface area (Å²) in [4.78, 5) is 31.2. The number of alkyl halides is 4. The summed E-state index contributed by atoms with van der Waals surface area (Å²) in [6.45, 7) is 4.90. The largest absolute Gasteiger partial charge is 0.478 e. The molecule has 2 N–H and O–H groups in total. The van der Waals surface area contributed by atoms with Gasteiger partial charge >= 0.3 is 17.8 Å². The Morgan fingerprint density at radius 2 is 1.89 bits per heavy atom. The van der Waals surface area contributed by atoms with Gasteiger partial charge in [0.1, 0.15) is 11.5 Å². The fourth-order valence-electron chi connectivity index (χ4n) is 5.60. The van der Waals surface area contributed by atoms with Crippen molar-refractivity contribution in [3.8, 4) is 0 Å². The van der Waals surface area contributed by atoms with Gasteiger partial charge in [0, 0.05) is 37.0 Å². The van der Waals surface area contributed by atoms with Crippen LogP contribution in [0.3, 0.4) is 0 Å². The van der Waals surface area contributed by atoms with Crippen LogP contribution in [0.15, 0.2) is 41.3 Å². The van der Waals surface area contributed by atoms with Gasteiger partial charge in [-0.3, -0.25) is 9.20 Å². The van der Waals surface area contributed by atoms with E-state index < -0.39 is 41.3 Å². The topological polar surface area (TPSA) is 86.9 Å². The van der Waals surface area contributed by atoms with E-state index in [2.05, 4.69) is 10.3 Å². The minimum absolute atomic E-state index is 0.0774. The van der Waals surface area contributed by atoms with E-state index in [-0.39, 0.29) is 42.1 Å². The second-order valence-electron chi connectivity index (χ2n) is 10.2. The highest BCUT2D eigenvalue weighted by Crippen LogP contribution is 2.66. The lowest BCUT2D eigenvalue weighted by Crippen LogP contribution is -2.67. The number of rotatable bonds is 5. The predicted molar refractivity (Wildman–Crippen MR) is 130 cm³/mol. The number of para-hydroxylation sites is 1. The van der Waals surface area contributed by atoms with Gasteiger partial charge in [0.15, 0.2) is 0 Å². The van der Waals surface area contributed by atoms with E-state index in [1.54, 1.807) is 45.2 Å². The molecule has 0 radical (unpaired) electrons. The van der Waals surface area contributed by atoms with E-state index in [1.165, 1.54) is 15.4 Å². The number of hydrogen-bond donors (Lipinski definition) is 2. The molecule has 0 bridgehead atoms. The molecule has 2 aliphatic rings. The number of aromatic nitrogens is 2. The fraction of sp³-hybridized carbons (Fsp3) is 0.423. The maximum atomic E-state index is 14.4. The second-order valence-corrected chi connectivity index (χ2v) is 10.2. The van der Waals surface area contributed by atoms with Gasteiger partial charge in [-0.05, 0) is 51.0 Å². The zero-order valence-corrected chi connectivity index (χ0v) is 20.5. The van der Waals surface area contributed by atoms with Crippen LogP contribution < -0.4 is 15.8 Å². The van der Waals surface area contributed by atoms with Crippen molar-refractivity contribution in [3.05, 3.63) is 69.1 Å². The smallest absolute Gasteiger partial charge is 0.337 e. The maximum Gasteiger partial charge on any atom is 0.337 e. The molecular weight excluding hydrogens is 492 g/mol. The van der Waals surface area contributed by atoms with E-state index in [9.17, 15) is 32.3 Å². The normalized spacial score (nSPS) is 22.7. The van der Waals surface area contributed by atoms with Crippen LogP contribution in [0.2, 0.25) is 0 Å². The van der Waals surface area contributed by atoms with Crippen LogP contribution in [0.25, 0.3) is 5.65 Å². The lowest BCUT2D eigenvalue weighted by atomic mass is 9.62. The van der Waals surface area contributed by atoms with Crippen molar-refractivity contribution >= 4 is 23.1 Å². The molecule has 2 atom stereocenters. The molecule has 1 aliphatic heterocycles. The van der Waals surface area contributed by atoms with E-state index >= 15 is 0 Å². The van der Waals surface area contributed by atoms with Gasteiger partial charge in [-0.2, -0.15) is 17.6 Å². The third kappa shape index (κ3) is 3.66. The number of halogens is 4. The molecule has 37 heavy (non-hydrogen) atoms. The van der Waals surface area contributed by atoms with Gasteiger partial charge < -0.3 is 15.3 Å². The second kappa shape index (κ2) is 8.19. The fourth-order valence-corrected chi connectivity index (χ4v) is 5.60. The first kappa shape index (κ1) is 25.0. The van der Waals surface area contributed by atoms with Crippen molar-refractivity contribution < 1.29 is 27.5 Å². The maximum absolute atomic E-state index is 14.4.